The van der Waals surface area contributed by atoms with Crippen molar-refractivity contribution in [1.29, 1.82) is 0 Å². The number of halogens is 1. The first-order chi connectivity index (χ1) is 9.19. The van der Waals surface area contributed by atoms with Gasteiger partial charge in [0.1, 0.15) is 11.3 Å². The smallest absolute Gasteiger partial charge is 0.134 e. The highest BCUT2D eigenvalue weighted by atomic mass is 35.5. The molecule has 0 aliphatic carbocycles. The molecule has 4 heteroatoms. The summed E-state index contributed by atoms with van der Waals surface area (Å²) in [5.74, 6) is 1.16. The zero-order valence-corrected chi connectivity index (χ0v) is 11.7. The molecule has 0 amide bonds. The second kappa shape index (κ2) is 5.16. The van der Waals surface area contributed by atoms with Crippen molar-refractivity contribution in [2.45, 2.75) is 31.9 Å². The molecule has 1 aromatic heterocycles. The van der Waals surface area contributed by atoms with Crippen LogP contribution in [0.2, 0.25) is 5.02 Å². The molecule has 0 saturated carbocycles. The minimum Gasteiger partial charge on any atom is -0.459 e. The van der Waals surface area contributed by atoms with Gasteiger partial charge in [0, 0.05) is 22.9 Å². The van der Waals surface area contributed by atoms with Crippen molar-refractivity contribution in [3.8, 4) is 0 Å². The van der Waals surface area contributed by atoms with Gasteiger partial charge in [0.05, 0.1) is 12.1 Å². The maximum Gasteiger partial charge on any atom is 0.134 e. The Bertz CT molecular complexity index is 581. The highest BCUT2D eigenvalue weighted by Gasteiger charge is 2.34. The molecule has 0 radical (unpaired) electrons. The fourth-order valence-electron chi connectivity index (χ4n) is 2.91. The van der Waals surface area contributed by atoms with Crippen LogP contribution in [0.15, 0.2) is 28.7 Å². The summed E-state index contributed by atoms with van der Waals surface area (Å²) in [6.45, 7) is 2.93. The van der Waals surface area contributed by atoms with Crippen molar-refractivity contribution in [2.24, 2.45) is 11.7 Å². The third-order valence-electron chi connectivity index (χ3n) is 3.95. The Labute approximate surface area is 117 Å². The summed E-state index contributed by atoms with van der Waals surface area (Å²) in [6, 6.07) is 7.50. The zero-order chi connectivity index (χ0) is 13.4. The third kappa shape index (κ3) is 2.38. The Kier molecular flexibility index (Phi) is 3.52. The lowest BCUT2D eigenvalue weighted by molar-refractivity contribution is 0.0794. The second-order valence-corrected chi connectivity index (χ2v) is 5.56. The topological polar surface area (TPSA) is 48.4 Å². The van der Waals surface area contributed by atoms with E-state index in [1.807, 2.05) is 24.3 Å². The number of hydrogen-bond acceptors (Lipinski definition) is 3. The molecule has 1 aliphatic rings. The van der Waals surface area contributed by atoms with Crippen LogP contribution in [0, 0.1) is 5.92 Å². The first-order valence-electron chi connectivity index (χ1n) is 6.75. The minimum absolute atomic E-state index is 0.112. The Balaban J connectivity index is 1.90. The van der Waals surface area contributed by atoms with E-state index in [2.05, 4.69) is 6.92 Å². The summed E-state index contributed by atoms with van der Waals surface area (Å²) in [6.07, 6.45) is 2.23. The number of benzene rings is 1. The average molecular weight is 280 g/mol. The predicted molar refractivity (Wildman–Crippen MR) is 76.3 cm³/mol. The fraction of sp³-hybridized carbons (Fsp3) is 0.467. The van der Waals surface area contributed by atoms with Gasteiger partial charge in [-0.3, -0.25) is 0 Å². The van der Waals surface area contributed by atoms with E-state index in [-0.39, 0.29) is 12.1 Å². The summed E-state index contributed by atoms with van der Waals surface area (Å²) in [7, 11) is 0. The van der Waals surface area contributed by atoms with Crippen LogP contribution in [0.1, 0.15) is 31.6 Å². The van der Waals surface area contributed by atoms with E-state index in [9.17, 15) is 0 Å². The predicted octanol–water partition coefficient (Wildman–Crippen LogP) is 3.90. The number of nitrogens with two attached hydrogens (primary N) is 1. The van der Waals surface area contributed by atoms with Crippen LogP contribution in [0.3, 0.4) is 0 Å². The molecule has 2 heterocycles. The molecule has 3 unspecified atom stereocenters. The molecule has 0 bridgehead atoms. The highest BCUT2D eigenvalue weighted by molar-refractivity contribution is 6.31. The summed E-state index contributed by atoms with van der Waals surface area (Å²) in [5, 5.41) is 1.72. The van der Waals surface area contributed by atoms with E-state index in [0.717, 1.165) is 36.2 Å². The van der Waals surface area contributed by atoms with E-state index in [1.54, 1.807) is 0 Å². The molecule has 1 aromatic carbocycles. The normalized spacial score (nSPS) is 25.0. The van der Waals surface area contributed by atoms with Crippen LogP contribution in [0.4, 0.5) is 0 Å². The Hall–Kier alpha value is -1.03. The number of fused-ring (bicyclic) bond motifs is 1. The molecule has 0 spiro atoms. The lowest BCUT2D eigenvalue weighted by Gasteiger charge is -2.21. The van der Waals surface area contributed by atoms with Gasteiger partial charge in [-0.1, -0.05) is 18.5 Å². The van der Waals surface area contributed by atoms with E-state index >= 15 is 0 Å². The van der Waals surface area contributed by atoms with Crippen molar-refractivity contribution < 1.29 is 9.15 Å². The molecule has 3 rings (SSSR count). The van der Waals surface area contributed by atoms with Crippen molar-refractivity contribution in [3.05, 3.63) is 35.0 Å². The van der Waals surface area contributed by atoms with Crippen molar-refractivity contribution >= 4 is 22.6 Å². The van der Waals surface area contributed by atoms with Crippen LogP contribution >= 0.6 is 11.6 Å². The minimum atomic E-state index is -0.112. The average Bonchev–Trinajstić information content (AvgIpc) is 3.03. The quantitative estimate of drug-likeness (QED) is 0.927. The van der Waals surface area contributed by atoms with Gasteiger partial charge < -0.3 is 14.9 Å². The zero-order valence-electron chi connectivity index (χ0n) is 10.9. The number of ether oxygens (including phenoxy) is 1. The number of hydrogen-bond donors (Lipinski definition) is 1. The van der Waals surface area contributed by atoms with E-state index < -0.39 is 0 Å². The molecule has 19 heavy (non-hydrogen) atoms. The van der Waals surface area contributed by atoms with Crippen LogP contribution in [0.25, 0.3) is 11.0 Å². The first-order valence-corrected chi connectivity index (χ1v) is 7.13. The lowest BCUT2D eigenvalue weighted by atomic mass is 9.90. The molecule has 1 aliphatic heterocycles. The summed E-state index contributed by atoms with van der Waals surface area (Å²) >= 11 is 5.99. The van der Waals surface area contributed by atoms with Gasteiger partial charge in [-0.05, 0) is 37.1 Å². The molecule has 1 saturated heterocycles. The van der Waals surface area contributed by atoms with E-state index in [0.29, 0.717) is 10.9 Å². The molecule has 2 N–H and O–H groups in total. The third-order valence-corrected chi connectivity index (χ3v) is 4.19. The van der Waals surface area contributed by atoms with Crippen LogP contribution < -0.4 is 5.73 Å². The lowest BCUT2D eigenvalue weighted by Crippen LogP contribution is -2.27. The van der Waals surface area contributed by atoms with E-state index in [1.165, 1.54) is 0 Å². The van der Waals surface area contributed by atoms with Gasteiger partial charge in [0.15, 0.2) is 0 Å². The maximum atomic E-state index is 6.36. The van der Waals surface area contributed by atoms with Crippen LogP contribution in [-0.4, -0.2) is 12.7 Å². The van der Waals surface area contributed by atoms with Gasteiger partial charge in [0.2, 0.25) is 0 Å². The molecule has 102 valence electrons. The van der Waals surface area contributed by atoms with E-state index in [4.69, 9.17) is 26.5 Å². The summed E-state index contributed by atoms with van der Waals surface area (Å²) in [4.78, 5) is 0. The van der Waals surface area contributed by atoms with Gasteiger partial charge in [0.25, 0.3) is 0 Å². The van der Waals surface area contributed by atoms with Crippen molar-refractivity contribution in [2.75, 3.05) is 6.61 Å². The first kappa shape index (κ1) is 13.0. The Morgan fingerprint density at radius 2 is 2.26 bits per heavy atom. The van der Waals surface area contributed by atoms with Gasteiger partial charge >= 0.3 is 0 Å². The summed E-state index contributed by atoms with van der Waals surface area (Å²) < 4.78 is 11.6. The summed E-state index contributed by atoms with van der Waals surface area (Å²) in [5.41, 5.74) is 7.20. The number of rotatable bonds is 3. The molecule has 3 atom stereocenters. The van der Waals surface area contributed by atoms with Gasteiger partial charge in [-0.15, -0.1) is 0 Å². The molecular weight excluding hydrogens is 262 g/mol. The Morgan fingerprint density at radius 3 is 3.05 bits per heavy atom. The van der Waals surface area contributed by atoms with Crippen LogP contribution in [-0.2, 0) is 4.74 Å². The fourth-order valence-corrected chi connectivity index (χ4v) is 3.09. The number of furan rings is 1. The molecule has 2 aromatic rings. The van der Waals surface area contributed by atoms with Crippen LogP contribution in [0.5, 0.6) is 0 Å². The molecule has 3 nitrogen and oxygen atoms in total. The second-order valence-electron chi connectivity index (χ2n) is 5.13. The standard InChI is InChI=1S/C15H18ClNO2/c1-2-12-11(5-6-18-12)15(17)14-8-9-7-10(16)3-4-13(9)19-14/h3-4,7-8,11-12,15H,2,5-6,17H2,1H3. The SMILES string of the molecule is CCC1OCCC1C(N)c1cc2cc(Cl)ccc2o1. The van der Waals surface area contributed by atoms with Gasteiger partial charge in [-0.25, -0.2) is 0 Å². The maximum absolute atomic E-state index is 6.36. The molecular formula is C15H18ClNO2. The van der Waals surface area contributed by atoms with Crippen molar-refractivity contribution in [1.82, 2.24) is 0 Å². The van der Waals surface area contributed by atoms with Gasteiger partial charge in [-0.2, -0.15) is 0 Å². The monoisotopic (exact) mass is 279 g/mol. The van der Waals surface area contributed by atoms with Crippen molar-refractivity contribution in [3.63, 3.8) is 0 Å². The Morgan fingerprint density at radius 1 is 1.42 bits per heavy atom. The molecule has 1 fully saturated rings. The highest BCUT2D eigenvalue weighted by Crippen LogP contribution is 2.35. The largest absolute Gasteiger partial charge is 0.459 e.